The summed E-state index contributed by atoms with van der Waals surface area (Å²) < 4.78 is 12.9. The third kappa shape index (κ3) is 3.06. The zero-order chi connectivity index (χ0) is 12.3. The van der Waals surface area contributed by atoms with Gasteiger partial charge in [0.1, 0.15) is 0 Å². The monoisotopic (exact) mass is 239 g/mol. The Hall–Kier alpha value is -0.910. The Kier molecular flexibility index (Phi) is 4.15. The number of hydrogen-bond acceptors (Lipinski definition) is 4. The van der Waals surface area contributed by atoms with Crippen molar-refractivity contribution in [3.05, 3.63) is 17.0 Å². The van der Waals surface area contributed by atoms with Gasteiger partial charge in [0, 0.05) is 31.4 Å². The van der Waals surface area contributed by atoms with E-state index in [1.807, 2.05) is 18.7 Å². The van der Waals surface area contributed by atoms with Crippen LogP contribution >= 0.6 is 0 Å². The van der Waals surface area contributed by atoms with E-state index in [0.29, 0.717) is 13.2 Å². The molecule has 0 amide bonds. The van der Waals surface area contributed by atoms with Crippen LogP contribution in [0.2, 0.25) is 0 Å². The predicted molar refractivity (Wildman–Crippen MR) is 64.9 cm³/mol. The average molecular weight is 239 g/mol. The molecule has 2 heterocycles. The lowest BCUT2D eigenvalue weighted by molar-refractivity contribution is -0.0864. The van der Waals surface area contributed by atoms with E-state index in [-0.39, 0.29) is 6.10 Å². The van der Waals surface area contributed by atoms with Crippen LogP contribution < -0.4 is 5.32 Å². The fraction of sp³-hybridized carbons (Fsp3) is 0.750. The fourth-order valence-electron chi connectivity index (χ4n) is 2.09. The maximum absolute atomic E-state index is 5.57. The first-order valence-corrected chi connectivity index (χ1v) is 6.07. The van der Waals surface area contributed by atoms with Crippen LogP contribution in [0.4, 0.5) is 0 Å². The van der Waals surface area contributed by atoms with Crippen molar-refractivity contribution in [1.29, 1.82) is 0 Å². The molecule has 17 heavy (non-hydrogen) atoms. The second kappa shape index (κ2) is 5.62. The minimum absolute atomic E-state index is 0.182. The van der Waals surface area contributed by atoms with Crippen LogP contribution in [-0.2, 0) is 23.1 Å². The van der Waals surface area contributed by atoms with Crippen molar-refractivity contribution >= 4 is 0 Å². The fourth-order valence-corrected chi connectivity index (χ4v) is 2.09. The highest BCUT2D eigenvalue weighted by Gasteiger charge is 2.14. The van der Waals surface area contributed by atoms with E-state index in [9.17, 15) is 0 Å². The first-order valence-electron chi connectivity index (χ1n) is 6.07. The van der Waals surface area contributed by atoms with Gasteiger partial charge in [-0.15, -0.1) is 0 Å². The largest absolute Gasteiger partial charge is 0.376 e. The predicted octanol–water partition coefficient (Wildman–Crippen LogP) is 0.542. The summed E-state index contributed by atoms with van der Waals surface area (Å²) in [5.74, 6) is 0. The summed E-state index contributed by atoms with van der Waals surface area (Å²) in [5.41, 5.74) is 3.60. The molecule has 1 aromatic rings. The summed E-state index contributed by atoms with van der Waals surface area (Å²) in [4.78, 5) is 0. The van der Waals surface area contributed by atoms with Gasteiger partial charge in [-0.25, -0.2) is 0 Å². The third-order valence-electron chi connectivity index (χ3n) is 3.22. The maximum atomic E-state index is 5.57. The van der Waals surface area contributed by atoms with Gasteiger partial charge in [0.2, 0.25) is 0 Å². The number of aryl methyl sites for hydroxylation is 2. The van der Waals surface area contributed by atoms with Crippen LogP contribution in [0.3, 0.4) is 0 Å². The van der Waals surface area contributed by atoms with Gasteiger partial charge in [-0.1, -0.05) is 0 Å². The molecule has 0 saturated carbocycles. The van der Waals surface area contributed by atoms with Crippen LogP contribution in [0.25, 0.3) is 0 Å². The molecule has 1 unspecified atom stereocenters. The summed E-state index contributed by atoms with van der Waals surface area (Å²) in [6, 6.07) is 0. The third-order valence-corrected chi connectivity index (χ3v) is 3.22. The Morgan fingerprint density at radius 3 is 2.82 bits per heavy atom. The molecule has 96 valence electrons. The van der Waals surface area contributed by atoms with E-state index in [1.54, 1.807) is 0 Å². The number of rotatable bonds is 4. The molecule has 2 rings (SSSR count). The van der Waals surface area contributed by atoms with Gasteiger partial charge in [0.25, 0.3) is 0 Å². The molecule has 1 N–H and O–H groups in total. The highest BCUT2D eigenvalue weighted by Crippen LogP contribution is 2.11. The van der Waals surface area contributed by atoms with E-state index in [4.69, 9.17) is 9.47 Å². The van der Waals surface area contributed by atoms with Gasteiger partial charge in [0.05, 0.1) is 31.6 Å². The van der Waals surface area contributed by atoms with E-state index < -0.39 is 0 Å². The zero-order valence-corrected chi connectivity index (χ0v) is 10.8. The average Bonchev–Trinajstić information content (AvgIpc) is 2.57. The summed E-state index contributed by atoms with van der Waals surface area (Å²) >= 11 is 0. The first kappa shape index (κ1) is 12.5. The van der Waals surface area contributed by atoms with Gasteiger partial charge < -0.3 is 14.8 Å². The molecule has 1 saturated heterocycles. The molecular formula is C12H21N3O2. The second-order valence-electron chi connectivity index (χ2n) is 4.47. The van der Waals surface area contributed by atoms with Crippen molar-refractivity contribution in [2.45, 2.75) is 26.5 Å². The van der Waals surface area contributed by atoms with Gasteiger partial charge in [0.15, 0.2) is 0 Å². The normalized spacial score (nSPS) is 20.8. The number of nitrogens with zero attached hydrogens (tertiary/aromatic N) is 2. The second-order valence-corrected chi connectivity index (χ2v) is 4.47. The molecule has 1 fully saturated rings. The Morgan fingerprint density at radius 1 is 1.41 bits per heavy atom. The smallest absolute Gasteiger partial charge is 0.0933 e. The molecule has 0 spiro atoms. The Bertz CT molecular complexity index is 370. The Morgan fingerprint density at radius 2 is 2.24 bits per heavy atom. The van der Waals surface area contributed by atoms with E-state index in [2.05, 4.69) is 17.3 Å². The zero-order valence-electron chi connectivity index (χ0n) is 10.8. The first-order chi connectivity index (χ1) is 8.18. The Labute approximate surface area is 102 Å². The molecule has 5 nitrogen and oxygen atoms in total. The quantitative estimate of drug-likeness (QED) is 0.833. The van der Waals surface area contributed by atoms with Crippen LogP contribution in [0.15, 0.2) is 0 Å². The minimum atomic E-state index is 0.182. The van der Waals surface area contributed by atoms with Crippen LogP contribution in [0.1, 0.15) is 17.0 Å². The molecule has 1 aliphatic rings. The van der Waals surface area contributed by atoms with Crippen molar-refractivity contribution in [3.63, 3.8) is 0 Å². The number of aromatic nitrogens is 2. The molecule has 0 aliphatic carbocycles. The molecule has 0 bridgehead atoms. The molecule has 0 aromatic carbocycles. The lowest BCUT2D eigenvalue weighted by atomic mass is 10.2. The maximum Gasteiger partial charge on any atom is 0.0933 e. The summed E-state index contributed by atoms with van der Waals surface area (Å²) in [6.45, 7) is 7.92. The van der Waals surface area contributed by atoms with Crippen molar-refractivity contribution in [1.82, 2.24) is 15.1 Å². The molecule has 1 atom stereocenters. The summed E-state index contributed by atoms with van der Waals surface area (Å²) in [7, 11) is 1.98. The highest BCUT2D eigenvalue weighted by atomic mass is 16.6. The SMILES string of the molecule is Cc1nn(C)c(C)c1CNCC1COCCO1. The Balaban J connectivity index is 1.81. The van der Waals surface area contributed by atoms with Gasteiger partial charge in [-0.05, 0) is 13.8 Å². The van der Waals surface area contributed by atoms with E-state index in [1.165, 1.54) is 11.3 Å². The van der Waals surface area contributed by atoms with Crippen molar-refractivity contribution in [2.75, 3.05) is 26.4 Å². The van der Waals surface area contributed by atoms with E-state index >= 15 is 0 Å². The highest BCUT2D eigenvalue weighted by molar-refractivity contribution is 5.23. The summed E-state index contributed by atoms with van der Waals surface area (Å²) in [6.07, 6.45) is 0.182. The van der Waals surface area contributed by atoms with Crippen molar-refractivity contribution < 1.29 is 9.47 Å². The topological polar surface area (TPSA) is 48.3 Å². The number of hydrogen-bond donors (Lipinski definition) is 1. The van der Waals surface area contributed by atoms with Gasteiger partial charge >= 0.3 is 0 Å². The number of nitrogens with one attached hydrogen (secondary N) is 1. The van der Waals surface area contributed by atoms with Crippen LogP contribution in [0, 0.1) is 13.8 Å². The van der Waals surface area contributed by atoms with Crippen molar-refractivity contribution in [3.8, 4) is 0 Å². The lowest BCUT2D eigenvalue weighted by Gasteiger charge is -2.23. The number of ether oxygens (including phenoxy) is 2. The van der Waals surface area contributed by atoms with Crippen LogP contribution in [0.5, 0.6) is 0 Å². The van der Waals surface area contributed by atoms with Crippen LogP contribution in [-0.4, -0.2) is 42.2 Å². The molecular weight excluding hydrogens is 218 g/mol. The van der Waals surface area contributed by atoms with E-state index in [0.717, 1.165) is 25.4 Å². The minimum Gasteiger partial charge on any atom is -0.376 e. The standard InChI is InChI=1S/C12H21N3O2/c1-9-12(10(2)15(3)14-9)7-13-6-11-8-16-4-5-17-11/h11,13H,4-8H2,1-3H3. The molecule has 5 heteroatoms. The molecule has 1 aromatic heterocycles. The lowest BCUT2D eigenvalue weighted by Crippen LogP contribution is -2.37. The van der Waals surface area contributed by atoms with Gasteiger partial charge in [-0.2, -0.15) is 5.10 Å². The molecule has 0 radical (unpaired) electrons. The molecule has 1 aliphatic heterocycles. The van der Waals surface area contributed by atoms with Crippen molar-refractivity contribution in [2.24, 2.45) is 7.05 Å². The van der Waals surface area contributed by atoms with Gasteiger partial charge in [-0.3, -0.25) is 4.68 Å². The summed E-state index contributed by atoms with van der Waals surface area (Å²) in [5, 5.41) is 7.80.